The van der Waals surface area contributed by atoms with Gasteiger partial charge in [0.1, 0.15) is 6.61 Å². The molecule has 2 aromatic carbocycles. The molecule has 0 aliphatic carbocycles. The number of cyclic esters (lactones) is 3. The van der Waals surface area contributed by atoms with E-state index in [-0.39, 0.29) is 61.9 Å². The first-order valence-corrected chi connectivity index (χ1v) is 17.5. The minimum Gasteiger partial charge on any atom is -0.478 e. The van der Waals surface area contributed by atoms with Crippen molar-refractivity contribution in [2.24, 2.45) is 0 Å². The van der Waals surface area contributed by atoms with E-state index in [1.54, 1.807) is 0 Å². The van der Waals surface area contributed by atoms with E-state index in [9.17, 15) is 33.6 Å². The SMILES string of the molecule is C.C.C.C.CC(OC(=O)CCCCCOC(=O)C=CC(=O)O)C(=O)OCc1ccccc1.CC1OC(=O)C(C)OC1=O.O=C1CCCCCO1.OCc1ccccc1. The van der Waals surface area contributed by atoms with Gasteiger partial charge in [-0.15, -0.1) is 0 Å². The lowest BCUT2D eigenvalue weighted by atomic mass is 10.2. The van der Waals surface area contributed by atoms with E-state index < -0.39 is 54.1 Å². The number of carbonyl (C=O) groups is 7. The number of hydrogen-bond donors (Lipinski definition) is 2. The van der Waals surface area contributed by atoms with Gasteiger partial charge < -0.3 is 38.6 Å². The monoisotopic (exact) mass is 822 g/mol. The van der Waals surface area contributed by atoms with Gasteiger partial charge in [0, 0.05) is 25.0 Å². The number of aliphatic hydroxyl groups is 1. The molecule has 0 amide bonds. The van der Waals surface area contributed by atoms with Crippen LogP contribution in [0, 0.1) is 0 Å². The van der Waals surface area contributed by atoms with Crippen molar-refractivity contribution in [1.82, 2.24) is 0 Å². The molecule has 0 aromatic heterocycles. The average Bonchev–Trinajstić information content (AvgIpc) is 3.42. The minimum atomic E-state index is -1.23. The summed E-state index contributed by atoms with van der Waals surface area (Å²) in [5, 5.41) is 16.9. The number of aliphatic hydroxyl groups excluding tert-OH is 1. The Balaban J connectivity index is -0.000000395. The second-order valence-corrected chi connectivity index (χ2v) is 11.7. The van der Waals surface area contributed by atoms with Gasteiger partial charge in [0.15, 0.2) is 18.3 Å². The van der Waals surface area contributed by atoms with Gasteiger partial charge in [-0.3, -0.25) is 9.59 Å². The number of aliphatic carboxylic acids is 1. The fourth-order valence-corrected chi connectivity index (χ4v) is 4.08. The summed E-state index contributed by atoms with van der Waals surface area (Å²) < 4.78 is 28.9. The number of hydrogen-bond acceptors (Lipinski definition) is 14. The maximum atomic E-state index is 11.8. The van der Waals surface area contributed by atoms with E-state index in [4.69, 9.17) is 29.2 Å². The zero-order chi connectivity index (χ0) is 40.1. The van der Waals surface area contributed by atoms with Gasteiger partial charge in [-0.05, 0) is 70.4 Å². The molecule has 4 rings (SSSR count). The summed E-state index contributed by atoms with van der Waals surface area (Å²) in [7, 11) is 0. The van der Waals surface area contributed by atoms with Gasteiger partial charge in [0.2, 0.25) is 0 Å². The highest BCUT2D eigenvalue weighted by Crippen LogP contribution is 2.09. The molecule has 15 nitrogen and oxygen atoms in total. The number of carboxylic acids is 1. The Hall–Kier alpha value is -5.57. The number of esters is 6. The molecule has 0 saturated carbocycles. The van der Waals surface area contributed by atoms with E-state index in [2.05, 4.69) is 9.47 Å². The molecule has 0 radical (unpaired) electrons. The Labute approximate surface area is 344 Å². The highest BCUT2D eigenvalue weighted by atomic mass is 16.6. The number of unbranched alkanes of at least 4 members (excludes halogenated alkanes) is 2. The summed E-state index contributed by atoms with van der Waals surface area (Å²) in [5.74, 6) is -4.07. The summed E-state index contributed by atoms with van der Waals surface area (Å²) in [5.41, 5.74) is 1.81. The van der Waals surface area contributed by atoms with Crippen LogP contribution in [0.25, 0.3) is 0 Å². The quantitative estimate of drug-likeness (QED) is 0.0892. The van der Waals surface area contributed by atoms with Crippen LogP contribution in [-0.4, -0.2) is 83.5 Å². The van der Waals surface area contributed by atoms with Crippen LogP contribution >= 0.6 is 0 Å². The van der Waals surface area contributed by atoms with E-state index in [0.717, 1.165) is 36.5 Å². The Morgan fingerprint density at radius 1 is 0.759 bits per heavy atom. The standard InChI is InChI=1S/C20H24O8.C7H8O.C6H8O4.C6H10O2.4CH4/c1-15(20(25)27-14-16-8-4-2-5-9-16)28-19(24)10-6-3-7-13-26-18(23)12-11-17(21)22;8-6-7-4-2-1-3-5-7;1-3-5(7)10-4(2)6(8)9-3;7-6-4-2-1-3-5-8-6;;;;/h2,4-5,8-9,11-12,15H,3,6-7,10,13-14H2,1H3,(H,21,22);1-5,8H,6H2;3-4H,1-2H3;1-5H2;4*1H4. The summed E-state index contributed by atoms with van der Waals surface area (Å²) in [6.07, 6.45) is 4.65. The molecular weight excluding hydrogens is 756 g/mol. The molecule has 2 fully saturated rings. The van der Waals surface area contributed by atoms with Crippen LogP contribution in [-0.2, 0) is 75.2 Å². The van der Waals surface area contributed by atoms with E-state index >= 15 is 0 Å². The summed E-state index contributed by atoms with van der Waals surface area (Å²) in [6, 6.07) is 18.7. The molecule has 0 bridgehead atoms. The molecule has 58 heavy (non-hydrogen) atoms. The molecule has 3 unspecified atom stereocenters. The van der Waals surface area contributed by atoms with Crippen molar-refractivity contribution in [1.29, 1.82) is 0 Å². The maximum Gasteiger partial charge on any atom is 0.347 e. The second kappa shape index (κ2) is 35.8. The van der Waals surface area contributed by atoms with Crippen molar-refractivity contribution < 1.29 is 72.2 Å². The van der Waals surface area contributed by atoms with Crippen LogP contribution < -0.4 is 0 Å². The second-order valence-electron chi connectivity index (χ2n) is 11.7. The lowest BCUT2D eigenvalue weighted by Gasteiger charge is -2.22. The summed E-state index contributed by atoms with van der Waals surface area (Å²) in [6.45, 7) is 5.43. The maximum absolute atomic E-state index is 11.8. The van der Waals surface area contributed by atoms with Gasteiger partial charge in [0.05, 0.1) is 19.8 Å². The molecule has 0 spiro atoms. The van der Waals surface area contributed by atoms with Crippen LogP contribution in [0.5, 0.6) is 0 Å². The van der Waals surface area contributed by atoms with E-state index in [1.165, 1.54) is 20.8 Å². The Morgan fingerprint density at radius 3 is 1.83 bits per heavy atom. The van der Waals surface area contributed by atoms with Crippen LogP contribution in [0.1, 0.15) is 113 Å². The molecule has 328 valence electrons. The van der Waals surface area contributed by atoms with Crippen molar-refractivity contribution in [2.75, 3.05) is 13.2 Å². The molecule has 2 aromatic rings. The fraction of sp³-hybridized carbons (Fsp3) is 0.512. The molecule has 2 saturated heterocycles. The first-order valence-electron chi connectivity index (χ1n) is 17.5. The van der Waals surface area contributed by atoms with E-state index in [1.807, 2.05) is 60.7 Å². The lowest BCUT2D eigenvalue weighted by molar-refractivity contribution is -0.191. The molecule has 2 N–H and O–H groups in total. The Morgan fingerprint density at radius 2 is 1.31 bits per heavy atom. The first-order chi connectivity index (χ1) is 25.8. The van der Waals surface area contributed by atoms with Crippen molar-refractivity contribution >= 4 is 41.8 Å². The summed E-state index contributed by atoms with van der Waals surface area (Å²) >= 11 is 0. The van der Waals surface area contributed by atoms with Crippen LogP contribution in [0.3, 0.4) is 0 Å². The Bertz CT molecular complexity index is 1450. The van der Waals surface area contributed by atoms with Crippen molar-refractivity contribution in [3.8, 4) is 0 Å². The van der Waals surface area contributed by atoms with Gasteiger partial charge in [0.25, 0.3) is 0 Å². The zero-order valence-electron chi connectivity index (χ0n) is 30.8. The first kappa shape index (κ1) is 59.1. The predicted octanol–water partition coefficient (Wildman–Crippen LogP) is 7.10. The number of rotatable bonds is 13. The fourth-order valence-electron chi connectivity index (χ4n) is 4.08. The number of benzene rings is 2. The van der Waals surface area contributed by atoms with Crippen LogP contribution in [0.15, 0.2) is 72.8 Å². The van der Waals surface area contributed by atoms with Gasteiger partial charge in [-0.1, -0.05) is 90.4 Å². The number of carbonyl (C=O) groups excluding carboxylic acids is 6. The van der Waals surface area contributed by atoms with Crippen molar-refractivity contribution in [2.45, 2.75) is 133 Å². The number of carboxylic acid groups (broad SMARTS) is 1. The van der Waals surface area contributed by atoms with Crippen LogP contribution in [0.2, 0.25) is 0 Å². The van der Waals surface area contributed by atoms with Gasteiger partial charge in [-0.2, -0.15) is 0 Å². The highest BCUT2D eigenvalue weighted by molar-refractivity contribution is 5.90. The minimum absolute atomic E-state index is 0. The van der Waals surface area contributed by atoms with Gasteiger partial charge >= 0.3 is 41.8 Å². The normalized spacial score (nSPS) is 15.6. The molecular formula is C43H66O15. The smallest absolute Gasteiger partial charge is 0.347 e. The largest absolute Gasteiger partial charge is 0.478 e. The molecule has 2 heterocycles. The van der Waals surface area contributed by atoms with Crippen LogP contribution in [0.4, 0.5) is 0 Å². The predicted molar refractivity (Wildman–Crippen MR) is 218 cm³/mol. The molecule has 3 atom stereocenters. The molecule has 15 heteroatoms. The third-order valence-electron chi connectivity index (χ3n) is 7.06. The Kier molecular flexibility index (Phi) is 36.5. The average molecular weight is 823 g/mol. The number of ether oxygens (including phenoxy) is 6. The lowest BCUT2D eigenvalue weighted by Crippen LogP contribution is -2.40. The molecule has 2 aliphatic heterocycles. The third-order valence-corrected chi connectivity index (χ3v) is 7.06. The zero-order valence-corrected chi connectivity index (χ0v) is 30.8. The van der Waals surface area contributed by atoms with Gasteiger partial charge in [-0.25, -0.2) is 24.0 Å². The molecule has 2 aliphatic rings. The van der Waals surface area contributed by atoms with Crippen molar-refractivity contribution in [3.05, 3.63) is 83.9 Å². The highest BCUT2D eigenvalue weighted by Gasteiger charge is 2.32. The topological polar surface area (TPSA) is 215 Å². The van der Waals surface area contributed by atoms with E-state index in [0.29, 0.717) is 38.4 Å². The van der Waals surface area contributed by atoms with Crippen molar-refractivity contribution in [3.63, 3.8) is 0 Å². The summed E-state index contributed by atoms with van der Waals surface area (Å²) in [4.78, 5) is 76.7. The third kappa shape index (κ3) is 29.7.